The molecule has 3 aromatic carbocycles. The average Bonchev–Trinajstić information content (AvgIpc) is 3.64. The highest BCUT2D eigenvalue weighted by molar-refractivity contribution is 5.27. The number of unbranched alkanes of at least 4 members (excludes halogenated alkanes) is 2. The smallest absolute Gasteiger partial charge is 0.155 e. The van der Waals surface area contributed by atoms with Gasteiger partial charge >= 0.3 is 0 Å². The molecule has 0 aliphatic heterocycles. The second-order valence-corrected chi connectivity index (χ2v) is 9.41. The molecule has 0 aromatic heterocycles. The Kier molecular flexibility index (Phi) is 8.46. The van der Waals surface area contributed by atoms with Gasteiger partial charge in [-0.05, 0) is 54.6 Å². The maximum Gasteiger partial charge on any atom is 0.155 e. The van der Waals surface area contributed by atoms with E-state index in [1.54, 1.807) is 12.1 Å². The number of rotatable bonds is 13. The first-order valence-electron chi connectivity index (χ1n) is 12.4. The van der Waals surface area contributed by atoms with Gasteiger partial charge in [-0.15, -0.1) is 0 Å². The summed E-state index contributed by atoms with van der Waals surface area (Å²) >= 11 is 0. The van der Waals surface area contributed by atoms with Gasteiger partial charge < -0.3 is 15.7 Å². The molecule has 5 heteroatoms. The van der Waals surface area contributed by atoms with E-state index in [-0.39, 0.29) is 11.9 Å². The normalized spacial score (nSPS) is 20.0. The molecule has 4 unspecified atom stereocenters. The van der Waals surface area contributed by atoms with Crippen LogP contribution in [-0.4, -0.2) is 23.7 Å². The van der Waals surface area contributed by atoms with E-state index in [0.717, 1.165) is 37.8 Å². The maximum atomic E-state index is 13.4. The minimum absolute atomic E-state index is 0.342. The Morgan fingerprint density at radius 2 is 1.59 bits per heavy atom. The van der Waals surface area contributed by atoms with Crippen molar-refractivity contribution in [2.24, 2.45) is 5.73 Å². The molecule has 0 saturated heterocycles. The van der Waals surface area contributed by atoms with Crippen LogP contribution >= 0.6 is 0 Å². The summed E-state index contributed by atoms with van der Waals surface area (Å²) in [5, 5.41) is 18.3. The molecule has 0 spiro atoms. The van der Waals surface area contributed by atoms with Crippen molar-refractivity contribution in [3.8, 4) is 0 Å². The van der Waals surface area contributed by atoms with Gasteiger partial charge in [-0.1, -0.05) is 85.6 Å². The largest absolute Gasteiger partial charge is 0.370 e. The first kappa shape index (κ1) is 24.6. The molecular weight excluding hydrogens is 425 g/mol. The molecule has 34 heavy (non-hydrogen) atoms. The molecule has 1 saturated carbocycles. The van der Waals surface area contributed by atoms with Gasteiger partial charge in [0.1, 0.15) is 5.82 Å². The van der Waals surface area contributed by atoms with Crippen LogP contribution in [0.3, 0.4) is 0 Å². The molecule has 1 fully saturated rings. The van der Waals surface area contributed by atoms with Crippen LogP contribution in [-0.2, 0) is 12.3 Å². The lowest BCUT2D eigenvalue weighted by Crippen LogP contribution is -2.54. The van der Waals surface area contributed by atoms with Crippen LogP contribution in [0, 0.1) is 5.82 Å². The van der Waals surface area contributed by atoms with Crippen LogP contribution in [0.5, 0.6) is 0 Å². The molecule has 4 rings (SSSR count). The predicted molar refractivity (Wildman–Crippen MR) is 136 cm³/mol. The number of halogens is 1. The fourth-order valence-corrected chi connectivity index (χ4v) is 4.66. The summed E-state index contributed by atoms with van der Waals surface area (Å²) in [6, 6.07) is 26.8. The molecule has 1 aliphatic rings. The van der Waals surface area contributed by atoms with Crippen LogP contribution in [0.15, 0.2) is 84.9 Å². The zero-order valence-electron chi connectivity index (χ0n) is 19.7. The van der Waals surface area contributed by atoms with E-state index in [1.807, 2.05) is 30.3 Å². The Hall–Kier alpha value is -2.57. The number of hydrogen-bond donors (Lipinski definition) is 4. The summed E-state index contributed by atoms with van der Waals surface area (Å²) in [5.74, 6) is 0.307. The fraction of sp³-hybridized carbons (Fsp3) is 0.379. The summed E-state index contributed by atoms with van der Waals surface area (Å²) < 4.78 is 13.4. The zero-order chi connectivity index (χ0) is 23.8. The summed E-state index contributed by atoms with van der Waals surface area (Å²) in [6.07, 6.45) is 5.03. The average molecular weight is 462 g/mol. The fourth-order valence-electron chi connectivity index (χ4n) is 4.66. The third-order valence-corrected chi connectivity index (χ3v) is 6.83. The van der Waals surface area contributed by atoms with Gasteiger partial charge in [-0.2, -0.15) is 0 Å². The molecule has 5 N–H and O–H groups in total. The van der Waals surface area contributed by atoms with Crippen LogP contribution in [0.1, 0.15) is 54.7 Å². The van der Waals surface area contributed by atoms with Gasteiger partial charge in [0.15, 0.2) is 5.72 Å². The van der Waals surface area contributed by atoms with Gasteiger partial charge in [0, 0.05) is 18.5 Å². The molecular formula is C29H36FN3O. The lowest BCUT2D eigenvalue weighted by molar-refractivity contribution is -0.00221. The van der Waals surface area contributed by atoms with E-state index < -0.39 is 5.72 Å². The molecule has 4 nitrogen and oxygen atoms in total. The minimum atomic E-state index is -1.59. The van der Waals surface area contributed by atoms with Gasteiger partial charge in [-0.25, -0.2) is 4.39 Å². The van der Waals surface area contributed by atoms with Crippen LogP contribution in [0.4, 0.5) is 4.39 Å². The van der Waals surface area contributed by atoms with Crippen molar-refractivity contribution in [3.05, 3.63) is 107 Å². The monoisotopic (exact) mass is 461 g/mol. The van der Waals surface area contributed by atoms with Crippen molar-refractivity contribution in [1.29, 1.82) is 0 Å². The lowest BCUT2D eigenvalue weighted by Gasteiger charge is -2.34. The van der Waals surface area contributed by atoms with Crippen molar-refractivity contribution in [3.63, 3.8) is 0 Å². The first-order valence-corrected chi connectivity index (χ1v) is 12.4. The predicted octanol–water partition coefficient (Wildman–Crippen LogP) is 4.79. The molecule has 180 valence electrons. The summed E-state index contributed by atoms with van der Waals surface area (Å²) in [5.41, 5.74) is 7.90. The Morgan fingerprint density at radius 1 is 0.912 bits per heavy atom. The Bertz CT molecular complexity index is 995. The van der Waals surface area contributed by atoms with E-state index in [9.17, 15) is 9.50 Å². The van der Waals surface area contributed by atoms with Crippen molar-refractivity contribution < 1.29 is 9.50 Å². The van der Waals surface area contributed by atoms with Gasteiger partial charge in [-0.3, -0.25) is 5.73 Å². The van der Waals surface area contributed by atoms with E-state index in [4.69, 9.17) is 5.73 Å². The molecule has 0 radical (unpaired) electrons. The maximum absolute atomic E-state index is 13.4. The van der Waals surface area contributed by atoms with Crippen molar-refractivity contribution in [2.75, 3.05) is 6.54 Å². The third kappa shape index (κ3) is 6.73. The number of benzene rings is 3. The highest BCUT2D eigenvalue weighted by atomic mass is 19.1. The SMILES string of the molecule is NC(O)(c1ccc(F)cc1)C(CCCCCNC1CC1c1ccccc1)NCc1ccccc1. The molecule has 0 heterocycles. The Balaban J connectivity index is 1.25. The lowest BCUT2D eigenvalue weighted by atomic mass is 9.91. The zero-order valence-corrected chi connectivity index (χ0v) is 19.7. The molecule has 1 aliphatic carbocycles. The molecule has 0 bridgehead atoms. The van der Waals surface area contributed by atoms with Gasteiger partial charge in [0.2, 0.25) is 0 Å². The summed E-state index contributed by atoms with van der Waals surface area (Å²) in [7, 11) is 0. The highest BCUT2D eigenvalue weighted by Gasteiger charge is 2.37. The molecule has 3 aromatic rings. The van der Waals surface area contributed by atoms with Crippen LogP contribution in [0.25, 0.3) is 0 Å². The standard InChI is InChI=1S/C29H36FN3O/c30-25-17-15-24(16-18-25)29(31,34)28(33-21-22-10-4-1-5-11-22)14-8-3-9-19-32-27-20-26(27)23-12-6-2-7-13-23/h1-2,4-7,10-13,15-18,26-28,32-34H,3,8-9,14,19-21,31H2. The minimum Gasteiger partial charge on any atom is -0.370 e. The van der Waals surface area contributed by atoms with Crippen LogP contribution in [0.2, 0.25) is 0 Å². The van der Waals surface area contributed by atoms with Gasteiger partial charge in [0.25, 0.3) is 0 Å². The quantitative estimate of drug-likeness (QED) is 0.218. The molecule has 0 amide bonds. The van der Waals surface area contributed by atoms with Gasteiger partial charge in [0.05, 0.1) is 6.04 Å². The van der Waals surface area contributed by atoms with Crippen LogP contribution < -0.4 is 16.4 Å². The number of nitrogens with two attached hydrogens (primary N) is 1. The van der Waals surface area contributed by atoms with Crippen molar-refractivity contribution in [1.82, 2.24) is 10.6 Å². The topological polar surface area (TPSA) is 70.3 Å². The number of aliphatic hydroxyl groups is 1. The first-order chi connectivity index (χ1) is 16.5. The van der Waals surface area contributed by atoms with Crippen molar-refractivity contribution >= 4 is 0 Å². The van der Waals surface area contributed by atoms with E-state index in [0.29, 0.717) is 24.1 Å². The third-order valence-electron chi connectivity index (χ3n) is 6.83. The number of nitrogens with one attached hydrogen (secondary N) is 2. The Labute approximate surface area is 202 Å². The van der Waals surface area contributed by atoms with E-state index in [2.05, 4.69) is 41.0 Å². The van der Waals surface area contributed by atoms with E-state index >= 15 is 0 Å². The number of hydrogen-bond acceptors (Lipinski definition) is 4. The van der Waals surface area contributed by atoms with E-state index in [1.165, 1.54) is 24.1 Å². The summed E-state index contributed by atoms with van der Waals surface area (Å²) in [6.45, 7) is 1.61. The summed E-state index contributed by atoms with van der Waals surface area (Å²) in [4.78, 5) is 0. The second kappa shape index (κ2) is 11.7. The highest BCUT2D eigenvalue weighted by Crippen LogP contribution is 2.40. The second-order valence-electron chi connectivity index (χ2n) is 9.41. The van der Waals surface area contributed by atoms with Crippen molar-refractivity contribution in [2.45, 2.75) is 62.4 Å². The molecule has 4 atom stereocenters. The Morgan fingerprint density at radius 3 is 2.29 bits per heavy atom.